The van der Waals surface area contributed by atoms with Crippen LogP contribution in [0.1, 0.15) is 85.6 Å². The molecule has 2 saturated heterocycles. The summed E-state index contributed by atoms with van der Waals surface area (Å²) in [7, 11) is 6.88. The Kier molecular flexibility index (Phi) is 16.5. The Morgan fingerprint density at radius 2 is 1.69 bits per heavy atom. The number of carbonyl (C=O) groups excluding carboxylic acids is 4. The smallest absolute Gasteiger partial charge is 0.245 e. The number of hydrogen-bond donors (Lipinski definition) is 3. The van der Waals surface area contributed by atoms with Crippen LogP contribution in [-0.2, 0) is 35.1 Å². The number of benzene rings is 1. The summed E-state index contributed by atoms with van der Waals surface area (Å²) in [5.74, 6) is -1.28. The van der Waals surface area contributed by atoms with Crippen LogP contribution in [-0.4, -0.2) is 128 Å². The van der Waals surface area contributed by atoms with E-state index in [9.17, 15) is 19.2 Å². The molecule has 52 heavy (non-hydrogen) atoms. The zero-order chi connectivity index (χ0) is 38.7. The standard InChI is InChI=1S/C40H68N6O6/c1-11-27(4)35(45(8)38(49)34(26(2)3)43-39(50)40(6)20-16-21-44(40)7)32(51-9)24-33(47)46-22-15-19-31(46)36(52-10)28(5)37(48)42-30(25-41)23-29-17-13-12-14-18-29/h12-14,17-18,26-28,30-32,34-36H,11,15-16,19-25,41H2,1-10H3,(H,42,48)(H,43,50). The lowest BCUT2D eigenvalue weighted by atomic mass is 9.89. The highest BCUT2D eigenvalue weighted by Crippen LogP contribution is 2.31. The van der Waals surface area contributed by atoms with Gasteiger partial charge < -0.3 is 35.6 Å². The largest absolute Gasteiger partial charge is 0.379 e. The van der Waals surface area contributed by atoms with Gasteiger partial charge in [-0.15, -0.1) is 0 Å². The van der Waals surface area contributed by atoms with Crippen LogP contribution in [0.2, 0.25) is 0 Å². The van der Waals surface area contributed by atoms with Crippen LogP contribution >= 0.6 is 0 Å². The monoisotopic (exact) mass is 729 g/mol. The van der Waals surface area contributed by atoms with Gasteiger partial charge in [-0.05, 0) is 70.0 Å². The third-order valence-electron chi connectivity index (χ3n) is 11.9. The molecular formula is C40H68N6O6. The number of amides is 4. The maximum atomic E-state index is 14.2. The van der Waals surface area contributed by atoms with Gasteiger partial charge in [-0.3, -0.25) is 24.1 Å². The van der Waals surface area contributed by atoms with Crippen molar-refractivity contribution in [3.05, 3.63) is 35.9 Å². The van der Waals surface area contributed by atoms with Crippen LogP contribution in [0.3, 0.4) is 0 Å². The Bertz CT molecular complexity index is 1310. The van der Waals surface area contributed by atoms with Crippen molar-refractivity contribution in [2.45, 2.75) is 128 Å². The third kappa shape index (κ3) is 10.3. The van der Waals surface area contributed by atoms with Gasteiger partial charge in [0.25, 0.3) is 0 Å². The van der Waals surface area contributed by atoms with E-state index in [2.05, 4.69) is 29.4 Å². The van der Waals surface area contributed by atoms with Crippen LogP contribution in [0.15, 0.2) is 30.3 Å². The molecule has 2 heterocycles. The molecule has 2 aliphatic heterocycles. The highest BCUT2D eigenvalue weighted by molar-refractivity contribution is 5.92. The van der Waals surface area contributed by atoms with Crippen molar-refractivity contribution in [3.8, 4) is 0 Å². The van der Waals surface area contributed by atoms with Gasteiger partial charge >= 0.3 is 0 Å². The second-order valence-corrected chi connectivity index (χ2v) is 15.7. The number of nitrogens with zero attached hydrogens (tertiary/aromatic N) is 3. The normalized spacial score (nSPS) is 23.4. The van der Waals surface area contributed by atoms with Crippen LogP contribution in [0.5, 0.6) is 0 Å². The van der Waals surface area contributed by atoms with Gasteiger partial charge in [-0.2, -0.15) is 0 Å². The molecule has 1 aromatic rings. The van der Waals surface area contributed by atoms with E-state index in [0.717, 1.165) is 37.8 Å². The van der Waals surface area contributed by atoms with E-state index < -0.39 is 35.7 Å². The number of ether oxygens (including phenoxy) is 2. The second kappa shape index (κ2) is 19.9. The molecule has 4 N–H and O–H groups in total. The average Bonchev–Trinajstić information content (AvgIpc) is 3.76. The summed E-state index contributed by atoms with van der Waals surface area (Å²) in [6.45, 7) is 13.5. The lowest BCUT2D eigenvalue weighted by Crippen LogP contribution is -2.61. The number of carbonyl (C=O) groups is 4. The maximum absolute atomic E-state index is 14.2. The Labute approximate surface area is 312 Å². The Morgan fingerprint density at radius 1 is 1.02 bits per heavy atom. The molecule has 2 aliphatic rings. The summed E-state index contributed by atoms with van der Waals surface area (Å²) in [4.78, 5) is 61.1. The summed E-state index contributed by atoms with van der Waals surface area (Å²) in [5, 5.41) is 6.21. The van der Waals surface area contributed by atoms with Crippen molar-refractivity contribution in [1.29, 1.82) is 0 Å². The van der Waals surface area contributed by atoms with Gasteiger partial charge in [0.2, 0.25) is 23.6 Å². The first-order valence-electron chi connectivity index (χ1n) is 19.3. The number of rotatable bonds is 19. The fourth-order valence-corrected chi connectivity index (χ4v) is 8.15. The highest BCUT2D eigenvalue weighted by atomic mass is 16.5. The number of nitrogens with one attached hydrogen (secondary N) is 2. The molecule has 294 valence electrons. The molecule has 9 unspecified atom stereocenters. The first kappa shape index (κ1) is 43.3. The van der Waals surface area contributed by atoms with Crippen LogP contribution in [0, 0.1) is 17.8 Å². The first-order valence-corrected chi connectivity index (χ1v) is 19.3. The van der Waals surface area contributed by atoms with Crippen molar-refractivity contribution in [2.75, 3.05) is 47.9 Å². The number of likely N-dealkylation sites (N-methyl/N-ethyl adjacent to an activating group) is 2. The van der Waals surface area contributed by atoms with Crippen molar-refractivity contribution in [1.82, 2.24) is 25.3 Å². The quantitative estimate of drug-likeness (QED) is 0.197. The maximum Gasteiger partial charge on any atom is 0.245 e. The van der Waals surface area contributed by atoms with Crippen LogP contribution in [0.4, 0.5) is 0 Å². The average molecular weight is 729 g/mol. The Hall–Kier alpha value is -3.06. The predicted molar refractivity (Wildman–Crippen MR) is 204 cm³/mol. The van der Waals surface area contributed by atoms with E-state index in [1.54, 1.807) is 26.2 Å². The minimum atomic E-state index is -0.729. The first-order chi connectivity index (χ1) is 24.6. The van der Waals surface area contributed by atoms with Crippen LogP contribution < -0.4 is 16.4 Å². The van der Waals surface area contributed by atoms with Gasteiger partial charge in [-0.1, -0.05) is 71.4 Å². The molecule has 9 atom stereocenters. The van der Waals surface area contributed by atoms with E-state index in [4.69, 9.17) is 15.2 Å². The predicted octanol–water partition coefficient (Wildman–Crippen LogP) is 3.22. The molecule has 0 saturated carbocycles. The van der Waals surface area contributed by atoms with Gasteiger partial charge in [-0.25, -0.2) is 0 Å². The van der Waals surface area contributed by atoms with Gasteiger partial charge in [0.05, 0.1) is 42.2 Å². The number of hydrogen-bond acceptors (Lipinski definition) is 8. The minimum absolute atomic E-state index is 0.00453. The zero-order valence-corrected chi connectivity index (χ0v) is 33.5. The third-order valence-corrected chi connectivity index (χ3v) is 11.9. The Balaban J connectivity index is 1.75. The van der Waals surface area contributed by atoms with Gasteiger partial charge in [0.15, 0.2) is 0 Å². The molecule has 1 aromatic carbocycles. The molecule has 3 rings (SSSR count). The molecule has 12 heteroatoms. The summed E-state index contributed by atoms with van der Waals surface area (Å²) >= 11 is 0. The van der Waals surface area contributed by atoms with Crippen LogP contribution in [0.25, 0.3) is 0 Å². The van der Waals surface area contributed by atoms with Crippen molar-refractivity contribution in [3.63, 3.8) is 0 Å². The number of nitrogens with two attached hydrogens (primary N) is 1. The molecule has 12 nitrogen and oxygen atoms in total. The lowest BCUT2D eigenvalue weighted by molar-refractivity contribution is -0.148. The summed E-state index contributed by atoms with van der Waals surface area (Å²) in [6, 6.07) is 8.25. The molecule has 4 amide bonds. The van der Waals surface area contributed by atoms with E-state index in [0.29, 0.717) is 25.9 Å². The van der Waals surface area contributed by atoms with Gasteiger partial charge in [0.1, 0.15) is 6.04 Å². The fraction of sp³-hybridized carbons (Fsp3) is 0.750. The fourth-order valence-electron chi connectivity index (χ4n) is 8.15. The highest BCUT2D eigenvalue weighted by Gasteiger charge is 2.45. The molecule has 0 aliphatic carbocycles. The topological polar surface area (TPSA) is 147 Å². The van der Waals surface area contributed by atoms with E-state index in [-0.39, 0.29) is 54.0 Å². The zero-order valence-electron chi connectivity index (χ0n) is 33.5. The summed E-state index contributed by atoms with van der Waals surface area (Å²) in [5.41, 5.74) is 6.48. The second-order valence-electron chi connectivity index (χ2n) is 15.7. The SMILES string of the molecule is CCC(C)C(C(CC(=O)N1CCCC1C(OC)C(C)C(=O)NC(CN)Cc1ccccc1)OC)N(C)C(=O)C(NC(=O)C1(C)CCCN1C)C(C)C. The molecule has 0 radical (unpaired) electrons. The number of methoxy groups -OCH3 is 2. The number of likely N-dealkylation sites (tertiary alicyclic amines) is 2. The molecule has 0 bridgehead atoms. The molecular weight excluding hydrogens is 660 g/mol. The van der Waals surface area contributed by atoms with Crippen molar-refractivity contribution >= 4 is 23.6 Å². The van der Waals surface area contributed by atoms with E-state index in [1.807, 2.05) is 70.0 Å². The van der Waals surface area contributed by atoms with E-state index >= 15 is 0 Å². The minimum Gasteiger partial charge on any atom is -0.379 e. The molecule has 2 fully saturated rings. The molecule has 0 aromatic heterocycles. The van der Waals surface area contributed by atoms with E-state index in [1.165, 1.54) is 0 Å². The summed E-state index contributed by atoms with van der Waals surface area (Å²) < 4.78 is 12.0. The van der Waals surface area contributed by atoms with Crippen molar-refractivity contribution in [2.24, 2.45) is 23.5 Å². The Morgan fingerprint density at radius 3 is 2.23 bits per heavy atom. The lowest BCUT2D eigenvalue weighted by Gasteiger charge is -2.41. The van der Waals surface area contributed by atoms with Gasteiger partial charge in [0, 0.05) is 40.4 Å². The molecule has 0 spiro atoms. The summed E-state index contributed by atoms with van der Waals surface area (Å²) in [6.07, 6.45) is 3.49. The van der Waals surface area contributed by atoms with Crippen molar-refractivity contribution < 1.29 is 28.7 Å².